The first kappa shape index (κ1) is 11.3. The molecule has 1 atom stereocenters. The highest BCUT2D eigenvalue weighted by Crippen LogP contribution is 2.24. The Hall–Kier alpha value is -1.16. The van der Waals surface area contributed by atoms with Crippen LogP contribution in [0.1, 0.15) is 31.9 Å². The maximum Gasteiger partial charge on any atom is 0.151 e. The smallest absolute Gasteiger partial charge is 0.151 e. The van der Waals surface area contributed by atoms with Gasteiger partial charge in [-0.15, -0.1) is 0 Å². The lowest BCUT2D eigenvalue weighted by atomic mass is 9.95. The van der Waals surface area contributed by atoms with E-state index in [1.54, 1.807) is 12.4 Å². The third-order valence-electron chi connectivity index (χ3n) is 3.34. The third kappa shape index (κ3) is 2.32. The molecule has 1 fully saturated rings. The Morgan fingerprint density at radius 2 is 2.25 bits per heavy atom. The van der Waals surface area contributed by atoms with Crippen molar-refractivity contribution in [3.8, 4) is 0 Å². The fraction of sp³-hybridized carbons (Fsp3) is 0.667. The molecule has 2 rings (SSSR count). The molecule has 4 nitrogen and oxygen atoms in total. The van der Waals surface area contributed by atoms with Crippen LogP contribution >= 0.6 is 0 Å². The van der Waals surface area contributed by atoms with Gasteiger partial charge in [0.15, 0.2) is 5.82 Å². The molecule has 2 N–H and O–H groups in total. The van der Waals surface area contributed by atoms with E-state index in [2.05, 4.69) is 21.8 Å². The van der Waals surface area contributed by atoms with Crippen LogP contribution in [0, 0.1) is 5.92 Å². The summed E-state index contributed by atoms with van der Waals surface area (Å²) in [5.74, 6) is 1.78. The second-order valence-corrected chi connectivity index (χ2v) is 4.39. The van der Waals surface area contributed by atoms with Gasteiger partial charge in [-0.2, -0.15) is 0 Å². The monoisotopic (exact) mass is 220 g/mol. The molecule has 2 heterocycles. The molecule has 0 bridgehead atoms. The van der Waals surface area contributed by atoms with Gasteiger partial charge in [0.1, 0.15) is 0 Å². The SMILES string of the molecule is CCC1CCCN(c2nccnc2CN)C1. The minimum Gasteiger partial charge on any atom is -0.355 e. The first-order valence-electron chi connectivity index (χ1n) is 6.10. The Morgan fingerprint density at radius 3 is 3.00 bits per heavy atom. The van der Waals surface area contributed by atoms with Gasteiger partial charge in [0.25, 0.3) is 0 Å². The molecule has 88 valence electrons. The molecule has 0 aromatic carbocycles. The quantitative estimate of drug-likeness (QED) is 0.840. The van der Waals surface area contributed by atoms with E-state index < -0.39 is 0 Å². The van der Waals surface area contributed by atoms with Crippen molar-refractivity contribution in [1.82, 2.24) is 9.97 Å². The van der Waals surface area contributed by atoms with Gasteiger partial charge in [-0.05, 0) is 18.8 Å². The molecule has 0 radical (unpaired) electrons. The summed E-state index contributed by atoms with van der Waals surface area (Å²) in [4.78, 5) is 11.1. The molecule has 1 aliphatic rings. The number of aromatic nitrogens is 2. The van der Waals surface area contributed by atoms with Gasteiger partial charge < -0.3 is 10.6 Å². The van der Waals surface area contributed by atoms with Gasteiger partial charge >= 0.3 is 0 Å². The molecular weight excluding hydrogens is 200 g/mol. The number of nitrogens with zero attached hydrogens (tertiary/aromatic N) is 3. The number of nitrogens with two attached hydrogens (primary N) is 1. The molecule has 1 aliphatic heterocycles. The van der Waals surface area contributed by atoms with Crippen LogP contribution in [0.15, 0.2) is 12.4 Å². The van der Waals surface area contributed by atoms with E-state index in [-0.39, 0.29) is 0 Å². The molecule has 1 saturated heterocycles. The van der Waals surface area contributed by atoms with Crippen molar-refractivity contribution in [3.63, 3.8) is 0 Å². The van der Waals surface area contributed by atoms with Crippen LogP contribution in [-0.2, 0) is 6.54 Å². The maximum absolute atomic E-state index is 5.70. The summed E-state index contributed by atoms with van der Waals surface area (Å²) in [5, 5.41) is 0. The number of piperidine rings is 1. The molecule has 0 spiro atoms. The maximum atomic E-state index is 5.70. The van der Waals surface area contributed by atoms with E-state index >= 15 is 0 Å². The number of rotatable bonds is 3. The van der Waals surface area contributed by atoms with Crippen molar-refractivity contribution in [2.45, 2.75) is 32.7 Å². The first-order chi connectivity index (χ1) is 7.85. The Balaban J connectivity index is 2.16. The molecule has 0 aliphatic carbocycles. The molecular formula is C12H20N4. The van der Waals surface area contributed by atoms with Crippen LogP contribution in [0.4, 0.5) is 5.82 Å². The molecule has 1 aromatic rings. The Kier molecular flexibility index (Phi) is 3.72. The van der Waals surface area contributed by atoms with E-state index in [9.17, 15) is 0 Å². The average Bonchev–Trinajstić information content (AvgIpc) is 2.38. The summed E-state index contributed by atoms with van der Waals surface area (Å²) in [6, 6.07) is 0. The van der Waals surface area contributed by atoms with Crippen molar-refractivity contribution >= 4 is 5.82 Å². The molecule has 1 unspecified atom stereocenters. The highest BCUT2D eigenvalue weighted by molar-refractivity contribution is 5.43. The Morgan fingerprint density at radius 1 is 1.44 bits per heavy atom. The summed E-state index contributed by atoms with van der Waals surface area (Å²) in [6.45, 7) is 4.91. The van der Waals surface area contributed by atoms with Crippen molar-refractivity contribution in [3.05, 3.63) is 18.1 Å². The average molecular weight is 220 g/mol. The lowest BCUT2D eigenvalue weighted by Gasteiger charge is -2.33. The van der Waals surface area contributed by atoms with Gasteiger partial charge in [-0.25, -0.2) is 4.98 Å². The standard InChI is InChI=1S/C12H20N4/c1-2-10-4-3-7-16(9-10)12-11(8-13)14-5-6-15-12/h5-6,10H,2-4,7-9,13H2,1H3. The van der Waals surface area contributed by atoms with Crippen LogP contribution in [0.25, 0.3) is 0 Å². The summed E-state index contributed by atoms with van der Waals surface area (Å²) in [6.07, 6.45) is 7.30. The van der Waals surface area contributed by atoms with Crippen LogP contribution in [0.5, 0.6) is 0 Å². The summed E-state index contributed by atoms with van der Waals surface area (Å²) in [7, 11) is 0. The van der Waals surface area contributed by atoms with Crippen LogP contribution in [0.3, 0.4) is 0 Å². The molecule has 1 aromatic heterocycles. The number of hydrogen-bond acceptors (Lipinski definition) is 4. The Labute approximate surface area is 96.9 Å². The molecule has 4 heteroatoms. The molecule has 16 heavy (non-hydrogen) atoms. The van der Waals surface area contributed by atoms with E-state index in [0.29, 0.717) is 6.54 Å². The second kappa shape index (κ2) is 5.25. The first-order valence-corrected chi connectivity index (χ1v) is 6.10. The topological polar surface area (TPSA) is 55.0 Å². The zero-order valence-electron chi connectivity index (χ0n) is 9.89. The summed E-state index contributed by atoms with van der Waals surface area (Å²) < 4.78 is 0. The summed E-state index contributed by atoms with van der Waals surface area (Å²) >= 11 is 0. The Bertz CT molecular complexity index is 340. The number of anilines is 1. The zero-order chi connectivity index (χ0) is 11.4. The minimum atomic E-state index is 0.469. The van der Waals surface area contributed by atoms with Crippen molar-refractivity contribution in [2.75, 3.05) is 18.0 Å². The predicted molar refractivity (Wildman–Crippen MR) is 65.2 cm³/mol. The molecule has 0 saturated carbocycles. The van der Waals surface area contributed by atoms with Gasteiger partial charge in [-0.3, -0.25) is 4.98 Å². The van der Waals surface area contributed by atoms with Crippen molar-refractivity contribution < 1.29 is 0 Å². The highest BCUT2D eigenvalue weighted by atomic mass is 15.2. The van der Waals surface area contributed by atoms with E-state index in [1.807, 2.05) is 0 Å². The van der Waals surface area contributed by atoms with Crippen molar-refractivity contribution in [2.24, 2.45) is 11.7 Å². The van der Waals surface area contributed by atoms with E-state index in [4.69, 9.17) is 5.73 Å². The highest BCUT2D eigenvalue weighted by Gasteiger charge is 2.21. The zero-order valence-corrected chi connectivity index (χ0v) is 9.89. The van der Waals surface area contributed by atoms with E-state index in [0.717, 1.165) is 30.5 Å². The number of hydrogen-bond donors (Lipinski definition) is 1. The van der Waals surface area contributed by atoms with Crippen molar-refractivity contribution in [1.29, 1.82) is 0 Å². The lowest BCUT2D eigenvalue weighted by molar-refractivity contribution is 0.402. The summed E-state index contributed by atoms with van der Waals surface area (Å²) in [5.41, 5.74) is 6.61. The fourth-order valence-electron chi connectivity index (χ4n) is 2.36. The predicted octanol–water partition coefficient (Wildman–Crippen LogP) is 1.56. The lowest BCUT2D eigenvalue weighted by Crippen LogP contribution is -2.36. The second-order valence-electron chi connectivity index (χ2n) is 4.39. The van der Waals surface area contributed by atoms with Gasteiger partial charge in [0.2, 0.25) is 0 Å². The van der Waals surface area contributed by atoms with Crippen LogP contribution < -0.4 is 10.6 Å². The molecule has 0 amide bonds. The van der Waals surface area contributed by atoms with Gasteiger partial charge in [0.05, 0.1) is 5.69 Å². The van der Waals surface area contributed by atoms with Gasteiger partial charge in [-0.1, -0.05) is 13.3 Å². The van der Waals surface area contributed by atoms with Crippen LogP contribution in [0.2, 0.25) is 0 Å². The van der Waals surface area contributed by atoms with Gasteiger partial charge in [0, 0.05) is 32.0 Å². The fourth-order valence-corrected chi connectivity index (χ4v) is 2.36. The van der Waals surface area contributed by atoms with Crippen LogP contribution in [-0.4, -0.2) is 23.1 Å². The third-order valence-corrected chi connectivity index (χ3v) is 3.34. The normalized spacial score (nSPS) is 21.1. The van der Waals surface area contributed by atoms with E-state index in [1.165, 1.54) is 19.3 Å². The minimum absolute atomic E-state index is 0.469. The largest absolute Gasteiger partial charge is 0.355 e.